The van der Waals surface area contributed by atoms with Crippen LogP contribution < -0.4 is 0 Å². The second-order valence-electron chi connectivity index (χ2n) is 5.07. The van der Waals surface area contributed by atoms with E-state index in [1.807, 2.05) is 0 Å². The van der Waals surface area contributed by atoms with Gasteiger partial charge in [0, 0.05) is 19.5 Å². The summed E-state index contributed by atoms with van der Waals surface area (Å²) in [5.74, 6) is -0.666. The van der Waals surface area contributed by atoms with Crippen molar-refractivity contribution in [2.45, 2.75) is 51.4 Å². The van der Waals surface area contributed by atoms with Gasteiger partial charge in [-0.05, 0) is 19.4 Å². The second kappa shape index (κ2) is 10.3. The topological polar surface area (TPSA) is 49.8 Å². The Morgan fingerprint density at radius 1 is 0.944 bits per heavy atom. The molecule has 1 aliphatic rings. The summed E-state index contributed by atoms with van der Waals surface area (Å²) in [7, 11) is 0. The van der Waals surface area contributed by atoms with Crippen molar-refractivity contribution in [2.75, 3.05) is 32.8 Å². The molecule has 4 nitrogen and oxygen atoms in total. The number of aliphatic carboxylic acids is 1. The van der Waals surface area contributed by atoms with Crippen LogP contribution in [0.2, 0.25) is 0 Å². The van der Waals surface area contributed by atoms with Gasteiger partial charge in [-0.3, -0.25) is 9.69 Å². The predicted octanol–water partition coefficient (Wildman–Crippen LogP) is 2.52. The lowest BCUT2D eigenvalue weighted by atomic mass is 10.1. The zero-order chi connectivity index (χ0) is 13.1. The minimum Gasteiger partial charge on any atom is -0.481 e. The lowest BCUT2D eigenvalue weighted by Gasteiger charge is -2.26. The molecule has 0 amide bonds. The molecule has 1 heterocycles. The van der Waals surface area contributed by atoms with Crippen LogP contribution in [0.5, 0.6) is 0 Å². The highest BCUT2D eigenvalue weighted by Crippen LogP contribution is 2.09. The van der Waals surface area contributed by atoms with E-state index in [0.29, 0.717) is 6.42 Å². The fourth-order valence-corrected chi connectivity index (χ4v) is 2.32. The number of carbonyl (C=O) groups is 1. The molecule has 0 bridgehead atoms. The van der Waals surface area contributed by atoms with E-state index in [1.54, 1.807) is 0 Å². The molecule has 0 aromatic carbocycles. The standard InChI is InChI=1S/C14H27NO3/c16-14(17)8-6-4-2-1-3-5-7-9-15-10-12-18-13-11-15/h1-13H2,(H,16,17). The Kier molecular flexibility index (Phi) is 8.86. The average Bonchev–Trinajstić information content (AvgIpc) is 2.37. The summed E-state index contributed by atoms with van der Waals surface area (Å²) in [6.07, 6.45) is 8.55. The monoisotopic (exact) mass is 257 g/mol. The normalized spacial score (nSPS) is 16.9. The number of nitrogens with zero attached hydrogens (tertiary/aromatic N) is 1. The van der Waals surface area contributed by atoms with Gasteiger partial charge in [-0.15, -0.1) is 0 Å². The molecule has 0 aromatic rings. The van der Waals surface area contributed by atoms with Crippen LogP contribution in [-0.4, -0.2) is 48.8 Å². The zero-order valence-corrected chi connectivity index (χ0v) is 11.4. The summed E-state index contributed by atoms with van der Waals surface area (Å²) in [6.45, 7) is 5.18. The van der Waals surface area contributed by atoms with Gasteiger partial charge >= 0.3 is 5.97 Å². The van der Waals surface area contributed by atoms with Gasteiger partial charge in [0.05, 0.1) is 13.2 Å². The molecule has 18 heavy (non-hydrogen) atoms. The minimum absolute atomic E-state index is 0.330. The lowest BCUT2D eigenvalue weighted by Crippen LogP contribution is -2.36. The molecule has 1 saturated heterocycles. The van der Waals surface area contributed by atoms with Crippen molar-refractivity contribution in [2.24, 2.45) is 0 Å². The van der Waals surface area contributed by atoms with E-state index < -0.39 is 5.97 Å². The van der Waals surface area contributed by atoms with Gasteiger partial charge < -0.3 is 9.84 Å². The molecule has 0 radical (unpaired) electrons. The van der Waals surface area contributed by atoms with Gasteiger partial charge in [-0.25, -0.2) is 0 Å². The fraction of sp³-hybridized carbons (Fsp3) is 0.929. The SMILES string of the molecule is O=C(O)CCCCCCCCCN1CCOCC1. The molecule has 1 rings (SSSR count). The Balaban J connectivity index is 1.76. The van der Waals surface area contributed by atoms with Gasteiger partial charge in [0.1, 0.15) is 0 Å². The molecule has 0 spiro atoms. The highest BCUT2D eigenvalue weighted by Gasteiger charge is 2.08. The van der Waals surface area contributed by atoms with Crippen LogP contribution in [0.4, 0.5) is 0 Å². The zero-order valence-electron chi connectivity index (χ0n) is 11.4. The first-order valence-corrected chi connectivity index (χ1v) is 7.31. The number of hydrogen-bond donors (Lipinski definition) is 1. The second-order valence-corrected chi connectivity index (χ2v) is 5.07. The molecule has 0 atom stereocenters. The maximum Gasteiger partial charge on any atom is 0.303 e. The molecule has 106 valence electrons. The molecular formula is C14H27NO3. The van der Waals surface area contributed by atoms with E-state index in [1.165, 1.54) is 38.6 Å². The van der Waals surface area contributed by atoms with Crippen molar-refractivity contribution in [3.05, 3.63) is 0 Å². The molecule has 1 fully saturated rings. The molecule has 0 aliphatic carbocycles. The summed E-state index contributed by atoms with van der Waals surface area (Å²) < 4.78 is 5.32. The quantitative estimate of drug-likeness (QED) is 0.611. The summed E-state index contributed by atoms with van der Waals surface area (Å²) in [5, 5.41) is 8.50. The van der Waals surface area contributed by atoms with Gasteiger partial charge in [-0.2, -0.15) is 0 Å². The Hall–Kier alpha value is -0.610. The van der Waals surface area contributed by atoms with Crippen LogP contribution in [-0.2, 0) is 9.53 Å². The number of carboxylic acids is 1. The van der Waals surface area contributed by atoms with E-state index in [2.05, 4.69) is 4.90 Å². The summed E-state index contributed by atoms with van der Waals surface area (Å²) in [4.78, 5) is 12.8. The van der Waals surface area contributed by atoms with Gasteiger partial charge in [0.2, 0.25) is 0 Å². The fourth-order valence-electron chi connectivity index (χ4n) is 2.32. The average molecular weight is 257 g/mol. The number of hydrogen-bond acceptors (Lipinski definition) is 3. The Morgan fingerprint density at radius 3 is 2.11 bits per heavy atom. The van der Waals surface area contributed by atoms with Crippen molar-refractivity contribution in [1.82, 2.24) is 4.90 Å². The summed E-state index contributed by atoms with van der Waals surface area (Å²) >= 11 is 0. The van der Waals surface area contributed by atoms with Crippen molar-refractivity contribution in [1.29, 1.82) is 0 Å². The van der Waals surface area contributed by atoms with Gasteiger partial charge in [-0.1, -0.05) is 32.1 Å². The highest BCUT2D eigenvalue weighted by molar-refractivity contribution is 5.66. The molecule has 1 aliphatic heterocycles. The first kappa shape index (κ1) is 15.4. The van der Waals surface area contributed by atoms with Crippen LogP contribution in [0, 0.1) is 0 Å². The number of unbranched alkanes of at least 4 members (excludes halogenated alkanes) is 6. The van der Waals surface area contributed by atoms with Crippen LogP contribution in [0.3, 0.4) is 0 Å². The maximum absolute atomic E-state index is 10.3. The van der Waals surface area contributed by atoms with Crippen LogP contribution >= 0.6 is 0 Å². The van der Waals surface area contributed by atoms with Gasteiger partial charge in [0.25, 0.3) is 0 Å². The first-order valence-electron chi connectivity index (χ1n) is 7.31. The Bertz CT molecular complexity index is 215. The number of carboxylic acid groups (broad SMARTS) is 1. The van der Waals surface area contributed by atoms with Crippen LogP contribution in [0.25, 0.3) is 0 Å². The largest absolute Gasteiger partial charge is 0.481 e. The van der Waals surface area contributed by atoms with Crippen molar-refractivity contribution in [3.63, 3.8) is 0 Å². The van der Waals surface area contributed by atoms with Crippen molar-refractivity contribution >= 4 is 5.97 Å². The molecule has 1 N–H and O–H groups in total. The molecular weight excluding hydrogens is 230 g/mol. The van der Waals surface area contributed by atoms with E-state index in [0.717, 1.165) is 39.1 Å². The third-order valence-corrected chi connectivity index (χ3v) is 3.47. The Labute approximate surface area is 110 Å². The van der Waals surface area contributed by atoms with E-state index in [4.69, 9.17) is 9.84 Å². The number of rotatable bonds is 10. The lowest BCUT2D eigenvalue weighted by molar-refractivity contribution is -0.137. The number of morpholine rings is 1. The third kappa shape index (κ3) is 8.48. The summed E-state index contributed by atoms with van der Waals surface area (Å²) in [5.41, 5.74) is 0. The molecule has 0 aromatic heterocycles. The highest BCUT2D eigenvalue weighted by atomic mass is 16.5. The van der Waals surface area contributed by atoms with Gasteiger partial charge in [0.15, 0.2) is 0 Å². The minimum atomic E-state index is -0.666. The summed E-state index contributed by atoms with van der Waals surface area (Å²) in [6, 6.07) is 0. The third-order valence-electron chi connectivity index (χ3n) is 3.47. The Morgan fingerprint density at radius 2 is 1.50 bits per heavy atom. The first-order chi connectivity index (χ1) is 8.79. The van der Waals surface area contributed by atoms with Crippen LogP contribution in [0.15, 0.2) is 0 Å². The van der Waals surface area contributed by atoms with Crippen molar-refractivity contribution in [3.8, 4) is 0 Å². The molecule has 4 heteroatoms. The smallest absolute Gasteiger partial charge is 0.303 e. The van der Waals surface area contributed by atoms with E-state index in [9.17, 15) is 4.79 Å². The van der Waals surface area contributed by atoms with Crippen LogP contribution in [0.1, 0.15) is 51.4 Å². The van der Waals surface area contributed by atoms with E-state index in [-0.39, 0.29) is 0 Å². The maximum atomic E-state index is 10.3. The van der Waals surface area contributed by atoms with E-state index >= 15 is 0 Å². The predicted molar refractivity (Wildman–Crippen MR) is 71.8 cm³/mol. The molecule has 0 saturated carbocycles. The molecule has 0 unspecified atom stereocenters. The van der Waals surface area contributed by atoms with Crippen molar-refractivity contribution < 1.29 is 14.6 Å². The number of ether oxygens (including phenoxy) is 1.